The zero-order valence-electron chi connectivity index (χ0n) is 10.0. The van der Waals surface area contributed by atoms with Crippen molar-refractivity contribution in [3.63, 3.8) is 0 Å². The first-order chi connectivity index (χ1) is 8.58. The Morgan fingerprint density at radius 3 is 2.89 bits per heavy atom. The number of carbonyl (C=O) groups excluding carboxylic acids is 1. The van der Waals surface area contributed by atoms with E-state index in [2.05, 4.69) is 15.5 Å². The highest BCUT2D eigenvalue weighted by Gasteiger charge is 2.15. The van der Waals surface area contributed by atoms with E-state index in [1.807, 2.05) is 0 Å². The Hall–Kier alpha value is -2.31. The van der Waals surface area contributed by atoms with Crippen molar-refractivity contribution in [2.75, 3.05) is 7.05 Å². The van der Waals surface area contributed by atoms with Crippen LogP contribution < -0.4 is 0 Å². The molecule has 0 aliphatic rings. The molecule has 0 spiro atoms. The van der Waals surface area contributed by atoms with E-state index < -0.39 is 5.82 Å². The summed E-state index contributed by atoms with van der Waals surface area (Å²) in [5.74, 6) is -0.158. The highest BCUT2D eigenvalue weighted by molar-refractivity contribution is 5.93. The lowest BCUT2D eigenvalue weighted by molar-refractivity contribution is 0.0779. The van der Waals surface area contributed by atoms with Gasteiger partial charge in [-0.05, 0) is 28.6 Å². The van der Waals surface area contributed by atoms with E-state index >= 15 is 0 Å². The summed E-state index contributed by atoms with van der Waals surface area (Å²) in [6.07, 6.45) is 0. The molecule has 0 atom stereocenters. The number of nitrogens with zero attached hydrogens (tertiary/aromatic N) is 5. The van der Waals surface area contributed by atoms with Crippen LogP contribution in [-0.4, -0.2) is 38.1 Å². The molecule has 2 aromatic rings. The molecule has 0 saturated heterocycles. The van der Waals surface area contributed by atoms with Gasteiger partial charge in [-0.15, -0.1) is 5.10 Å². The van der Waals surface area contributed by atoms with Gasteiger partial charge < -0.3 is 4.90 Å². The first-order valence-electron chi connectivity index (χ1n) is 5.30. The van der Waals surface area contributed by atoms with Crippen molar-refractivity contribution in [1.82, 2.24) is 25.1 Å². The molecule has 1 aromatic heterocycles. The highest BCUT2D eigenvalue weighted by Crippen LogP contribution is 2.08. The van der Waals surface area contributed by atoms with Crippen LogP contribution in [-0.2, 0) is 13.6 Å². The maximum Gasteiger partial charge on any atom is 0.254 e. The number of amides is 1. The van der Waals surface area contributed by atoms with Gasteiger partial charge in [0.25, 0.3) is 5.91 Å². The average Bonchev–Trinajstić information content (AvgIpc) is 2.74. The summed E-state index contributed by atoms with van der Waals surface area (Å²) >= 11 is 0. The third kappa shape index (κ3) is 2.50. The molecule has 1 heterocycles. The first-order valence-corrected chi connectivity index (χ1v) is 5.30. The number of tetrazole rings is 1. The van der Waals surface area contributed by atoms with Crippen molar-refractivity contribution >= 4 is 5.91 Å². The zero-order chi connectivity index (χ0) is 13.1. The van der Waals surface area contributed by atoms with Crippen molar-refractivity contribution in [2.45, 2.75) is 6.54 Å². The third-order valence-electron chi connectivity index (χ3n) is 2.50. The number of carbonyl (C=O) groups is 1. The fraction of sp³-hybridized carbons (Fsp3) is 0.273. The molecule has 0 aliphatic carbocycles. The Labute approximate surface area is 103 Å². The van der Waals surface area contributed by atoms with Crippen molar-refractivity contribution in [3.05, 3.63) is 41.5 Å². The smallest absolute Gasteiger partial charge is 0.254 e. The molecule has 7 heteroatoms. The van der Waals surface area contributed by atoms with Gasteiger partial charge in [0.05, 0.1) is 6.54 Å². The van der Waals surface area contributed by atoms with Gasteiger partial charge in [-0.2, -0.15) is 0 Å². The van der Waals surface area contributed by atoms with Crippen molar-refractivity contribution in [1.29, 1.82) is 0 Å². The van der Waals surface area contributed by atoms with Crippen molar-refractivity contribution in [3.8, 4) is 0 Å². The minimum atomic E-state index is -0.436. The minimum Gasteiger partial charge on any atom is -0.334 e. The summed E-state index contributed by atoms with van der Waals surface area (Å²) in [6, 6.07) is 5.56. The molecule has 1 amide bonds. The van der Waals surface area contributed by atoms with Gasteiger partial charge in [-0.1, -0.05) is 6.07 Å². The second-order valence-corrected chi connectivity index (χ2v) is 3.89. The largest absolute Gasteiger partial charge is 0.334 e. The second kappa shape index (κ2) is 4.91. The summed E-state index contributed by atoms with van der Waals surface area (Å²) in [5.41, 5.74) is 0.299. The lowest BCUT2D eigenvalue weighted by Crippen LogP contribution is -2.27. The number of benzene rings is 1. The Morgan fingerprint density at radius 1 is 1.50 bits per heavy atom. The van der Waals surface area contributed by atoms with Gasteiger partial charge >= 0.3 is 0 Å². The van der Waals surface area contributed by atoms with E-state index in [1.54, 1.807) is 20.2 Å². The van der Waals surface area contributed by atoms with E-state index in [1.165, 1.54) is 27.8 Å². The summed E-state index contributed by atoms with van der Waals surface area (Å²) in [6.45, 7) is 0.263. The summed E-state index contributed by atoms with van der Waals surface area (Å²) in [5, 5.41) is 10.9. The monoisotopic (exact) mass is 249 g/mol. The topological polar surface area (TPSA) is 63.9 Å². The fourth-order valence-corrected chi connectivity index (χ4v) is 1.51. The molecule has 0 radical (unpaired) electrons. The maximum absolute atomic E-state index is 13.0. The molecule has 94 valence electrons. The number of hydrogen-bond donors (Lipinski definition) is 0. The standard InChI is InChI=1S/C11H12FN5O/c1-16(7-10-13-14-15-17(10)2)11(18)8-4-3-5-9(12)6-8/h3-6H,7H2,1-2H3. The maximum atomic E-state index is 13.0. The predicted octanol–water partition coefficient (Wildman–Crippen LogP) is 0.621. The highest BCUT2D eigenvalue weighted by atomic mass is 19.1. The summed E-state index contributed by atoms with van der Waals surface area (Å²) < 4.78 is 14.5. The van der Waals surface area contributed by atoms with Crippen LogP contribution in [0.15, 0.2) is 24.3 Å². The molecule has 0 bridgehead atoms. The molecule has 2 rings (SSSR count). The van der Waals surface area contributed by atoms with E-state index in [4.69, 9.17) is 0 Å². The van der Waals surface area contributed by atoms with E-state index in [0.717, 1.165) is 0 Å². The molecule has 1 aromatic carbocycles. The van der Waals surface area contributed by atoms with Crippen LogP contribution in [0.5, 0.6) is 0 Å². The number of rotatable bonds is 3. The van der Waals surface area contributed by atoms with Crippen molar-refractivity contribution < 1.29 is 9.18 Å². The van der Waals surface area contributed by atoms with Gasteiger partial charge in [-0.3, -0.25) is 4.79 Å². The summed E-state index contributed by atoms with van der Waals surface area (Å²) in [7, 11) is 3.30. The molecule has 6 nitrogen and oxygen atoms in total. The van der Waals surface area contributed by atoms with Crippen LogP contribution in [0, 0.1) is 5.82 Å². The van der Waals surface area contributed by atoms with Gasteiger partial charge in [0.1, 0.15) is 5.82 Å². The van der Waals surface area contributed by atoms with E-state index in [-0.39, 0.29) is 12.5 Å². The van der Waals surface area contributed by atoms with E-state index in [9.17, 15) is 9.18 Å². The third-order valence-corrected chi connectivity index (χ3v) is 2.50. The van der Waals surface area contributed by atoms with Crippen LogP contribution in [0.2, 0.25) is 0 Å². The quantitative estimate of drug-likeness (QED) is 0.800. The summed E-state index contributed by atoms with van der Waals surface area (Å²) in [4.78, 5) is 13.4. The molecule has 0 unspecified atom stereocenters. The first kappa shape index (κ1) is 12.2. The lowest BCUT2D eigenvalue weighted by atomic mass is 10.2. The Balaban J connectivity index is 2.12. The van der Waals surface area contributed by atoms with Gasteiger partial charge in [0.15, 0.2) is 5.82 Å². The van der Waals surface area contributed by atoms with Gasteiger partial charge in [0, 0.05) is 19.7 Å². The fourth-order valence-electron chi connectivity index (χ4n) is 1.51. The number of aromatic nitrogens is 4. The van der Waals surface area contributed by atoms with Crippen LogP contribution in [0.3, 0.4) is 0 Å². The zero-order valence-corrected chi connectivity index (χ0v) is 10.0. The number of hydrogen-bond acceptors (Lipinski definition) is 4. The van der Waals surface area contributed by atoms with Crippen LogP contribution >= 0.6 is 0 Å². The van der Waals surface area contributed by atoms with Gasteiger partial charge in [-0.25, -0.2) is 9.07 Å². The van der Waals surface area contributed by atoms with E-state index in [0.29, 0.717) is 11.4 Å². The molecular weight excluding hydrogens is 237 g/mol. The Morgan fingerprint density at radius 2 is 2.28 bits per heavy atom. The minimum absolute atomic E-state index is 0.263. The molecular formula is C11H12FN5O. The van der Waals surface area contributed by atoms with Crippen molar-refractivity contribution in [2.24, 2.45) is 7.05 Å². The van der Waals surface area contributed by atoms with Crippen LogP contribution in [0.1, 0.15) is 16.2 Å². The average molecular weight is 249 g/mol. The normalized spacial score (nSPS) is 10.4. The lowest BCUT2D eigenvalue weighted by Gasteiger charge is -2.15. The molecule has 0 fully saturated rings. The number of halogens is 1. The molecule has 0 aliphatic heterocycles. The van der Waals surface area contributed by atoms with Crippen LogP contribution in [0.25, 0.3) is 0 Å². The molecule has 0 saturated carbocycles. The Bertz CT molecular complexity index is 568. The van der Waals surface area contributed by atoms with Gasteiger partial charge in [0.2, 0.25) is 0 Å². The SMILES string of the molecule is CN(Cc1nnnn1C)C(=O)c1cccc(F)c1. The Kier molecular flexibility index (Phi) is 3.31. The molecule has 0 N–H and O–H groups in total. The predicted molar refractivity (Wildman–Crippen MR) is 61.0 cm³/mol. The number of aryl methyl sites for hydroxylation is 1. The second-order valence-electron chi connectivity index (χ2n) is 3.89. The molecule has 18 heavy (non-hydrogen) atoms. The van der Waals surface area contributed by atoms with Crippen LogP contribution in [0.4, 0.5) is 4.39 Å².